The van der Waals surface area contributed by atoms with E-state index in [1.54, 1.807) is 31.6 Å². The van der Waals surface area contributed by atoms with Crippen LogP contribution in [0, 0.1) is 18.8 Å². The molecule has 2 aliphatic rings. The molecule has 3 atom stereocenters. The minimum absolute atomic E-state index is 0.0182. The van der Waals surface area contributed by atoms with Gasteiger partial charge in [0, 0.05) is 17.7 Å². The highest BCUT2D eigenvalue weighted by Crippen LogP contribution is 2.40. The average molecular weight is 483 g/mol. The van der Waals surface area contributed by atoms with Crippen LogP contribution < -0.4 is 10.6 Å². The van der Waals surface area contributed by atoms with Crippen molar-refractivity contribution in [3.05, 3.63) is 53.5 Å². The van der Waals surface area contributed by atoms with Gasteiger partial charge in [0.05, 0.1) is 18.1 Å². The first-order valence-electron chi connectivity index (χ1n) is 12.8. The summed E-state index contributed by atoms with van der Waals surface area (Å²) in [7, 11) is 0. The Hall–Kier alpha value is -2.77. The number of hydrogen-bond donors (Lipinski definition) is 5. The predicted molar refractivity (Wildman–Crippen MR) is 135 cm³/mol. The molecule has 190 valence electrons. The van der Waals surface area contributed by atoms with Gasteiger partial charge in [0.15, 0.2) is 11.5 Å². The number of amides is 1. The Bertz CT molecular complexity index is 1010. The fraction of sp³-hybridized carbons (Fsp3) is 0.536. The number of aryl methyl sites for hydroxylation is 1. The van der Waals surface area contributed by atoms with Gasteiger partial charge in [-0.1, -0.05) is 6.07 Å². The summed E-state index contributed by atoms with van der Waals surface area (Å²) in [6, 6.07) is 5.14. The van der Waals surface area contributed by atoms with E-state index in [1.165, 1.54) is 25.0 Å². The lowest BCUT2D eigenvalue weighted by Gasteiger charge is -2.44. The number of hydrogen-bond acceptors (Lipinski definition) is 6. The first-order valence-corrected chi connectivity index (χ1v) is 12.8. The van der Waals surface area contributed by atoms with E-state index in [2.05, 4.69) is 10.6 Å². The van der Waals surface area contributed by atoms with E-state index in [4.69, 9.17) is 4.42 Å². The van der Waals surface area contributed by atoms with Gasteiger partial charge in [0.2, 0.25) is 5.91 Å². The summed E-state index contributed by atoms with van der Waals surface area (Å²) in [5.74, 6) is 0.506. The molecule has 0 bridgehead atoms. The van der Waals surface area contributed by atoms with E-state index in [1.807, 2.05) is 6.07 Å². The molecule has 0 aliphatic heterocycles. The minimum Gasteiger partial charge on any atom is -0.504 e. The van der Waals surface area contributed by atoms with Gasteiger partial charge >= 0.3 is 0 Å². The zero-order valence-electron chi connectivity index (χ0n) is 20.5. The first-order chi connectivity index (χ1) is 16.8. The highest BCUT2D eigenvalue weighted by Gasteiger charge is 2.41. The summed E-state index contributed by atoms with van der Waals surface area (Å²) in [5, 5.41) is 38.2. The average Bonchev–Trinajstić information content (AvgIpc) is 3.52. The fourth-order valence-electron chi connectivity index (χ4n) is 5.20. The topological polar surface area (TPSA) is 115 Å². The molecule has 5 N–H and O–H groups in total. The Kier molecular flexibility index (Phi) is 8.19. The Morgan fingerprint density at radius 3 is 2.80 bits per heavy atom. The molecule has 4 rings (SSSR count). The molecule has 7 heteroatoms. The zero-order valence-corrected chi connectivity index (χ0v) is 20.5. The van der Waals surface area contributed by atoms with E-state index in [9.17, 15) is 20.1 Å². The smallest absolute Gasteiger partial charge is 0.244 e. The molecule has 2 fully saturated rings. The molecule has 1 heterocycles. The second kappa shape index (κ2) is 11.3. The van der Waals surface area contributed by atoms with Crippen LogP contribution in [0.4, 0.5) is 0 Å². The SMILES string of the molecule is Cc1c(CCC2(O)CCC(NC(=O)/C=C/c3ccoc3)CC2CCNCC2CC2)ccc(O)c1O. The summed E-state index contributed by atoms with van der Waals surface area (Å²) in [4.78, 5) is 12.5. The van der Waals surface area contributed by atoms with Crippen molar-refractivity contribution < 1.29 is 24.5 Å². The van der Waals surface area contributed by atoms with Crippen LogP contribution in [0.5, 0.6) is 11.5 Å². The Morgan fingerprint density at radius 2 is 2.06 bits per heavy atom. The van der Waals surface area contributed by atoms with Gasteiger partial charge in [0.1, 0.15) is 0 Å². The van der Waals surface area contributed by atoms with E-state index in [-0.39, 0.29) is 29.4 Å². The quantitative estimate of drug-likeness (QED) is 0.188. The van der Waals surface area contributed by atoms with Gasteiger partial charge in [-0.3, -0.25) is 4.79 Å². The summed E-state index contributed by atoms with van der Waals surface area (Å²) >= 11 is 0. The number of carbonyl (C=O) groups is 1. The normalized spacial score (nSPS) is 24.6. The largest absolute Gasteiger partial charge is 0.504 e. The van der Waals surface area contributed by atoms with Gasteiger partial charge in [-0.05, 0) is 113 Å². The van der Waals surface area contributed by atoms with Crippen LogP contribution in [0.25, 0.3) is 6.08 Å². The third-order valence-electron chi connectivity index (χ3n) is 7.72. The Balaban J connectivity index is 1.37. The van der Waals surface area contributed by atoms with Gasteiger partial charge in [-0.2, -0.15) is 0 Å². The number of phenols is 2. The monoisotopic (exact) mass is 482 g/mol. The Labute approximate surface area is 207 Å². The summed E-state index contributed by atoms with van der Waals surface area (Å²) in [6.07, 6.45) is 13.1. The molecule has 0 radical (unpaired) electrons. The van der Waals surface area contributed by atoms with Crippen molar-refractivity contribution in [2.75, 3.05) is 13.1 Å². The lowest BCUT2D eigenvalue weighted by atomic mass is 9.69. The highest BCUT2D eigenvalue weighted by molar-refractivity contribution is 5.91. The van der Waals surface area contributed by atoms with Crippen molar-refractivity contribution in [3.63, 3.8) is 0 Å². The maximum Gasteiger partial charge on any atom is 0.244 e. The van der Waals surface area contributed by atoms with Gasteiger partial charge in [-0.15, -0.1) is 0 Å². The minimum atomic E-state index is -0.838. The van der Waals surface area contributed by atoms with E-state index >= 15 is 0 Å². The summed E-state index contributed by atoms with van der Waals surface area (Å²) in [5.41, 5.74) is 1.59. The van der Waals surface area contributed by atoms with Gasteiger partial charge in [-0.25, -0.2) is 0 Å². The molecule has 3 unspecified atom stereocenters. The molecule has 7 nitrogen and oxygen atoms in total. The second-order valence-electron chi connectivity index (χ2n) is 10.3. The molecule has 2 saturated carbocycles. The fourth-order valence-corrected chi connectivity index (χ4v) is 5.20. The van der Waals surface area contributed by atoms with E-state index < -0.39 is 5.60 Å². The van der Waals surface area contributed by atoms with Crippen LogP contribution in [0.15, 0.2) is 41.2 Å². The number of aliphatic hydroxyl groups is 1. The van der Waals surface area contributed by atoms with E-state index in [0.717, 1.165) is 43.0 Å². The van der Waals surface area contributed by atoms with Crippen LogP contribution in [0.3, 0.4) is 0 Å². The highest BCUT2D eigenvalue weighted by atomic mass is 16.3. The lowest BCUT2D eigenvalue weighted by molar-refractivity contribution is -0.119. The van der Waals surface area contributed by atoms with Crippen LogP contribution >= 0.6 is 0 Å². The van der Waals surface area contributed by atoms with Crippen LogP contribution in [0.2, 0.25) is 0 Å². The zero-order chi connectivity index (χ0) is 24.8. The number of aromatic hydroxyl groups is 2. The second-order valence-corrected chi connectivity index (χ2v) is 10.3. The number of benzene rings is 1. The van der Waals surface area contributed by atoms with Crippen molar-refractivity contribution >= 4 is 12.0 Å². The third kappa shape index (κ3) is 6.89. The molecule has 35 heavy (non-hydrogen) atoms. The van der Waals surface area contributed by atoms with Gasteiger partial charge < -0.3 is 30.4 Å². The molecule has 1 amide bonds. The van der Waals surface area contributed by atoms with Crippen LogP contribution in [-0.2, 0) is 11.2 Å². The number of phenolic OH excluding ortho intramolecular Hbond substituents is 2. The van der Waals surface area contributed by atoms with Crippen molar-refractivity contribution in [1.82, 2.24) is 10.6 Å². The third-order valence-corrected chi connectivity index (χ3v) is 7.72. The van der Waals surface area contributed by atoms with E-state index in [0.29, 0.717) is 31.2 Å². The predicted octanol–water partition coefficient (Wildman–Crippen LogP) is 4.05. The van der Waals surface area contributed by atoms with Crippen LogP contribution in [-0.4, -0.2) is 46.0 Å². The number of carbonyl (C=O) groups excluding carboxylic acids is 1. The van der Waals surface area contributed by atoms with Crippen molar-refractivity contribution in [2.24, 2.45) is 11.8 Å². The summed E-state index contributed by atoms with van der Waals surface area (Å²) < 4.78 is 5.03. The van der Waals surface area contributed by atoms with Crippen LogP contribution in [0.1, 0.15) is 61.6 Å². The lowest BCUT2D eigenvalue weighted by Crippen LogP contribution is -2.50. The maximum atomic E-state index is 12.5. The number of rotatable bonds is 11. The Morgan fingerprint density at radius 1 is 1.23 bits per heavy atom. The molecule has 1 aromatic heterocycles. The van der Waals surface area contributed by atoms with Crippen molar-refractivity contribution in [3.8, 4) is 11.5 Å². The van der Waals surface area contributed by atoms with Crippen molar-refractivity contribution in [2.45, 2.75) is 69.9 Å². The summed E-state index contributed by atoms with van der Waals surface area (Å²) in [6.45, 7) is 3.68. The van der Waals surface area contributed by atoms with Gasteiger partial charge in [0.25, 0.3) is 0 Å². The first kappa shape index (κ1) is 25.3. The van der Waals surface area contributed by atoms with Crippen molar-refractivity contribution in [1.29, 1.82) is 0 Å². The standard InChI is InChI=1S/C28H38N2O5/c1-19-22(5-6-25(31)27(19)33)8-12-28(34)13-9-24(16-23(28)10-14-29-17-20-2-3-20)30-26(32)7-4-21-11-15-35-18-21/h4-7,11,15,18,20,23-24,29,31,33-34H,2-3,8-10,12-14,16-17H2,1H3,(H,30,32)/b7-4+. The number of nitrogens with one attached hydrogen (secondary N) is 2. The molecule has 2 aliphatic carbocycles. The molecule has 0 spiro atoms. The molecule has 1 aromatic carbocycles. The molecule has 2 aromatic rings. The molecule has 0 saturated heterocycles. The molecular weight excluding hydrogens is 444 g/mol. The number of furan rings is 1. The molecular formula is C28H38N2O5. The maximum absolute atomic E-state index is 12.5.